The lowest BCUT2D eigenvalue weighted by Gasteiger charge is -2.10. The Bertz CT molecular complexity index is 685. The van der Waals surface area contributed by atoms with Crippen LogP contribution in [0.3, 0.4) is 0 Å². The third kappa shape index (κ3) is 3.60. The second-order valence-corrected chi connectivity index (χ2v) is 4.99. The fraction of sp³-hybridized carbons (Fsp3) is 0.0714. The van der Waals surface area contributed by atoms with Crippen molar-refractivity contribution in [2.75, 3.05) is 5.32 Å². The van der Waals surface area contributed by atoms with Gasteiger partial charge in [0.25, 0.3) is 5.91 Å². The van der Waals surface area contributed by atoms with Crippen molar-refractivity contribution in [2.24, 2.45) is 0 Å². The number of carbonyl (C=O) groups is 1. The second kappa shape index (κ2) is 5.85. The van der Waals surface area contributed by atoms with Crippen LogP contribution in [-0.2, 0) is 6.18 Å². The zero-order chi connectivity index (χ0) is 15.6. The third-order valence-corrected chi connectivity index (χ3v) is 3.26. The van der Waals surface area contributed by atoms with Crippen LogP contribution < -0.4 is 5.32 Å². The number of nitrogens with one attached hydrogen (secondary N) is 1. The van der Waals surface area contributed by atoms with E-state index in [9.17, 15) is 22.4 Å². The molecule has 2 aromatic rings. The molecule has 2 aromatic carbocycles. The third-order valence-electron chi connectivity index (χ3n) is 2.64. The lowest BCUT2D eigenvalue weighted by atomic mass is 10.1. The zero-order valence-electron chi connectivity index (χ0n) is 10.3. The maximum absolute atomic E-state index is 13.7. The maximum atomic E-state index is 13.7. The molecular formula is C14H8BrF4NO. The Morgan fingerprint density at radius 1 is 1.10 bits per heavy atom. The van der Waals surface area contributed by atoms with Crippen LogP contribution in [0.15, 0.2) is 46.9 Å². The standard InChI is InChI=1S/C14H8BrF4NO/c15-11-6-2-5-10(12(11)16)13(21)20-9-4-1-3-8(7-9)14(17,18)19/h1-7H,(H,20,21). The zero-order valence-corrected chi connectivity index (χ0v) is 11.9. The molecule has 0 aliphatic heterocycles. The summed E-state index contributed by atoms with van der Waals surface area (Å²) < 4.78 is 51.5. The summed E-state index contributed by atoms with van der Waals surface area (Å²) >= 11 is 2.93. The van der Waals surface area contributed by atoms with Gasteiger partial charge in [-0.25, -0.2) is 4.39 Å². The first kappa shape index (κ1) is 15.5. The van der Waals surface area contributed by atoms with Crippen LogP contribution in [0.4, 0.5) is 23.2 Å². The van der Waals surface area contributed by atoms with Crippen LogP contribution >= 0.6 is 15.9 Å². The summed E-state index contributed by atoms with van der Waals surface area (Å²) in [5, 5.41) is 2.24. The van der Waals surface area contributed by atoms with Crippen LogP contribution in [0.5, 0.6) is 0 Å². The van der Waals surface area contributed by atoms with Gasteiger partial charge in [-0.15, -0.1) is 0 Å². The van der Waals surface area contributed by atoms with Gasteiger partial charge in [-0.05, 0) is 46.3 Å². The van der Waals surface area contributed by atoms with Gasteiger partial charge in [0.15, 0.2) is 0 Å². The van der Waals surface area contributed by atoms with Crippen molar-refractivity contribution in [1.29, 1.82) is 0 Å². The van der Waals surface area contributed by atoms with Crippen LogP contribution in [0.1, 0.15) is 15.9 Å². The highest BCUT2D eigenvalue weighted by Crippen LogP contribution is 2.30. The first-order valence-corrected chi connectivity index (χ1v) is 6.51. The molecule has 2 nitrogen and oxygen atoms in total. The minimum atomic E-state index is -4.51. The number of anilines is 1. The van der Waals surface area contributed by atoms with E-state index >= 15 is 0 Å². The molecular weight excluding hydrogens is 354 g/mol. The van der Waals surface area contributed by atoms with Gasteiger partial charge in [-0.3, -0.25) is 4.79 Å². The van der Waals surface area contributed by atoms with Gasteiger partial charge in [-0.2, -0.15) is 13.2 Å². The molecule has 0 radical (unpaired) electrons. The first-order valence-electron chi connectivity index (χ1n) is 5.71. The summed E-state index contributed by atoms with van der Waals surface area (Å²) in [4.78, 5) is 11.9. The summed E-state index contributed by atoms with van der Waals surface area (Å²) in [6, 6.07) is 8.23. The summed E-state index contributed by atoms with van der Waals surface area (Å²) in [6.07, 6.45) is -4.51. The summed E-state index contributed by atoms with van der Waals surface area (Å²) in [5.41, 5.74) is -1.22. The lowest BCUT2D eigenvalue weighted by Crippen LogP contribution is -2.14. The number of amides is 1. The molecule has 0 saturated carbocycles. The number of carbonyl (C=O) groups excluding carboxylic acids is 1. The number of benzene rings is 2. The molecule has 21 heavy (non-hydrogen) atoms. The van der Waals surface area contributed by atoms with Crippen LogP contribution in [0, 0.1) is 5.82 Å². The largest absolute Gasteiger partial charge is 0.416 e. The molecule has 110 valence electrons. The molecule has 0 bridgehead atoms. The number of hydrogen-bond acceptors (Lipinski definition) is 1. The molecule has 0 unspecified atom stereocenters. The highest BCUT2D eigenvalue weighted by molar-refractivity contribution is 9.10. The number of hydrogen-bond donors (Lipinski definition) is 1. The van der Waals surface area contributed by atoms with E-state index in [1.807, 2.05) is 0 Å². The lowest BCUT2D eigenvalue weighted by molar-refractivity contribution is -0.137. The highest BCUT2D eigenvalue weighted by atomic mass is 79.9. The van der Waals surface area contributed by atoms with Crippen molar-refractivity contribution >= 4 is 27.5 Å². The summed E-state index contributed by atoms with van der Waals surface area (Å²) in [6.45, 7) is 0. The molecule has 0 aromatic heterocycles. The SMILES string of the molecule is O=C(Nc1cccc(C(F)(F)F)c1)c1cccc(Br)c1F. The van der Waals surface area contributed by atoms with E-state index in [-0.39, 0.29) is 15.7 Å². The summed E-state index contributed by atoms with van der Waals surface area (Å²) in [7, 11) is 0. The van der Waals surface area contributed by atoms with Crippen molar-refractivity contribution in [2.45, 2.75) is 6.18 Å². The van der Waals surface area contributed by atoms with Gasteiger partial charge >= 0.3 is 6.18 Å². The predicted octanol–water partition coefficient (Wildman–Crippen LogP) is 4.86. The number of rotatable bonds is 2. The molecule has 0 atom stereocenters. The second-order valence-electron chi connectivity index (χ2n) is 4.13. The van der Waals surface area contributed by atoms with Gasteiger partial charge in [0.1, 0.15) is 5.82 Å². The van der Waals surface area contributed by atoms with E-state index in [0.29, 0.717) is 0 Å². The fourth-order valence-corrected chi connectivity index (χ4v) is 2.02. The normalized spacial score (nSPS) is 11.3. The molecule has 1 amide bonds. The van der Waals surface area contributed by atoms with E-state index in [0.717, 1.165) is 18.2 Å². The minimum Gasteiger partial charge on any atom is -0.322 e. The Hall–Kier alpha value is -1.89. The van der Waals surface area contributed by atoms with Crippen molar-refractivity contribution in [3.63, 3.8) is 0 Å². The maximum Gasteiger partial charge on any atom is 0.416 e. The molecule has 0 aliphatic rings. The van der Waals surface area contributed by atoms with Crippen molar-refractivity contribution in [3.05, 3.63) is 63.9 Å². The fourth-order valence-electron chi connectivity index (χ4n) is 1.65. The van der Waals surface area contributed by atoms with E-state index in [2.05, 4.69) is 21.2 Å². The Labute approximate surface area is 125 Å². The molecule has 2 rings (SSSR count). The van der Waals surface area contributed by atoms with Crippen molar-refractivity contribution < 1.29 is 22.4 Å². The smallest absolute Gasteiger partial charge is 0.322 e. The minimum absolute atomic E-state index is 0.0609. The quantitative estimate of drug-likeness (QED) is 0.760. The number of halogens is 5. The predicted molar refractivity (Wildman–Crippen MR) is 73.5 cm³/mol. The average molecular weight is 362 g/mol. The molecule has 0 saturated heterocycles. The molecule has 7 heteroatoms. The monoisotopic (exact) mass is 361 g/mol. The van der Waals surface area contributed by atoms with E-state index in [1.54, 1.807) is 0 Å². The molecule has 0 spiro atoms. The van der Waals surface area contributed by atoms with Gasteiger partial charge in [-0.1, -0.05) is 12.1 Å². The van der Waals surface area contributed by atoms with Gasteiger partial charge in [0, 0.05) is 5.69 Å². The van der Waals surface area contributed by atoms with E-state index in [1.165, 1.54) is 24.3 Å². The number of alkyl halides is 3. The Kier molecular flexibility index (Phi) is 4.32. The molecule has 0 heterocycles. The first-order chi connectivity index (χ1) is 9.79. The highest BCUT2D eigenvalue weighted by Gasteiger charge is 2.30. The summed E-state index contributed by atoms with van der Waals surface area (Å²) in [5.74, 6) is -1.60. The average Bonchev–Trinajstić information content (AvgIpc) is 2.41. The van der Waals surface area contributed by atoms with Gasteiger partial charge < -0.3 is 5.32 Å². The van der Waals surface area contributed by atoms with Crippen molar-refractivity contribution in [1.82, 2.24) is 0 Å². The molecule has 0 aliphatic carbocycles. The van der Waals surface area contributed by atoms with Crippen LogP contribution in [0.25, 0.3) is 0 Å². The molecule has 1 N–H and O–H groups in total. The Morgan fingerprint density at radius 3 is 2.43 bits per heavy atom. The van der Waals surface area contributed by atoms with Crippen molar-refractivity contribution in [3.8, 4) is 0 Å². The molecule has 0 fully saturated rings. The van der Waals surface area contributed by atoms with Crippen LogP contribution in [0.2, 0.25) is 0 Å². The Balaban J connectivity index is 2.26. The Morgan fingerprint density at radius 2 is 1.76 bits per heavy atom. The topological polar surface area (TPSA) is 29.1 Å². The van der Waals surface area contributed by atoms with Crippen LogP contribution in [-0.4, -0.2) is 5.91 Å². The van der Waals surface area contributed by atoms with E-state index in [4.69, 9.17) is 0 Å². The van der Waals surface area contributed by atoms with Gasteiger partial charge in [0.2, 0.25) is 0 Å². The van der Waals surface area contributed by atoms with E-state index < -0.39 is 23.5 Å². The van der Waals surface area contributed by atoms with Gasteiger partial charge in [0.05, 0.1) is 15.6 Å².